The van der Waals surface area contributed by atoms with Gasteiger partial charge in [-0.2, -0.15) is 0 Å². The summed E-state index contributed by atoms with van der Waals surface area (Å²) in [5.74, 6) is 0.0387. The lowest BCUT2D eigenvalue weighted by molar-refractivity contribution is 0.378. The van der Waals surface area contributed by atoms with Gasteiger partial charge in [0.05, 0.1) is 5.75 Å². The normalized spacial score (nSPS) is 12.6. The van der Waals surface area contributed by atoms with E-state index >= 15 is 0 Å². The van der Waals surface area contributed by atoms with Gasteiger partial charge in [0, 0.05) is 13.1 Å². The van der Waals surface area contributed by atoms with E-state index in [2.05, 4.69) is 30.8 Å². The molecule has 2 N–H and O–H groups in total. The number of benzene rings is 1. The SMILES string of the molecule is CNCc1ccc(CS(=O)(=O)NCCC(C)(C)C)cc1. The van der Waals surface area contributed by atoms with E-state index < -0.39 is 10.0 Å². The molecule has 20 heavy (non-hydrogen) atoms. The lowest BCUT2D eigenvalue weighted by Gasteiger charge is -2.18. The van der Waals surface area contributed by atoms with Gasteiger partial charge in [0.15, 0.2) is 0 Å². The summed E-state index contributed by atoms with van der Waals surface area (Å²) in [6, 6.07) is 7.65. The molecule has 0 amide bonds. The Kier molecular flexibility index (Phi) is 6.17. The first-order chi connectivity index (χ1) is 9.22. The Balaban J connectivity index is 2.53. The van der Waals surface area contributed by atoms with Crippen LogP contribution in [0, 0.1) is 5.41 Å². The van der Waals surface area contributed by atoms with E-state index in [1.165, 1.54) is 0 Å². The fourth-order valence-electron chi connectivity index (χ4n) is 1.81. The van der Waals surface area contributed by atoms with Crippen LogP contribution in [0.2, 0.25) is 0 Å². The summed E-state index contributed by atoms with van der Waals surface area (Å²) in [5.41, 5.74) is 2.10. The first-order valence-corrected chi connectivity index (χ1v) is 8.57. The minimum absolute atomic E-state index is 0.0387. The number of nitrogens with one attached hydrogen (secondary N) is 2. The van der Waals surface area contributed by atoms with Gasteiger partial charge in [-0.05, 0) is 30.0 Å². The molecule has 0 atom stereocenters. The summed E-state index contributed by atoms with van der Waals surface area (Å²) in [5, 5.41) is 3.06. The third-order valence-electron chi connectivity index (χ3n) is 2.96. The standard InChI is InChI=1S/C15H26N2O2S/c1-15(2,3)9-10-17-20(18,19)12-14-7-5-13(6-8-14)11-16-4/h5-8,16-17H,9-12H2,1-4H3. The maximum atomic E-state index is 12.0. The molecule has 0 aliphatic rings. The highest BCUT2D eigenvalue weighted by Crippen LogP contribution is 2.17. The van der Waals surface area contributed by atoms with Crippen LogP contribution in [0.1, 0.15) is 38.3 Å². The topological polar surface area (TPSA) is 58.2 Å². The van der Waals surface area contributed by atoms with Crippen molar-refractivity contribution in [3.05, 3.63) is 35.4 Å². The Bertz CT molecular complexity index is 502. The van der Waals surface area contributed by atoms with Gasteiger partial charge in [0.25, 0.3) is 0 Å². The Morgan fingerprint density at radius 2 is 1.60 bits per heavy atom. The highest BCUT2D eigenvalue weighted by atomic mass is 32.2. The van der Waals surface area contributed by atoms with Gasteiger partial charge in [-0.3, -0.25) is 0 Å². The minimum atomic E-state index is -3.25. The maximum Gasteiger partial charge on any atom is 0.215 e. The molecular weight excluding hydrogens is 272 g/mol. The van der Waals surface area contributed by atoms with Crippen molar-refractivity contribution < 1.29 is 8.42 Å². The monoisotopic (exact) mass is 298 g/mol. The summed E-state index contributed by atoms with van der Waals surface area (Å²) < 4.78 is 26.6. The van der Waals surface area contributed by atoms with Gasteiger partial charge >= 0.3 is 0 Å². The van der Waals surface area contributed by atoms with Crippen molar-refractivity contribution in [1.29, 1.82) is 0 Å². The van der Waals surface area contributed by atoms with Gasteiger partial charge in [-0.1, -0.05) is 45.0 Å². The van der Waals surface area contributed by atoms with Crippen molar-refractivity contribution in [1.82, 2.24) is 10.0 Å². The summed E-state index contributed by atoms with van der Waals surface area (Å²) in [6.45, 7) is 7.58. The molecule has 0 unspecified atom stereocenters. The number of hydrogen-bond acceptors (Lipinski definition) is 3. The van der Waals surface area contributed by atoms with E-state index in [9.17, 15) is 8.42 Å². The van der Waals surface area contributed by atoms with Crippen LogP contribution < -0.4 is 10.0 Å². The van der Waals surface area contributed by atoms with Crippen molar-refractivity contribution in [2.45, 2.75) is 39.5 Å². The summed E-state index contributed by atoms with van der Waals surface area (Å²) >= 11 is 0. The molecule has 0 saturated carbocycles. The predicted molar refractivity (Wildman–Crippen MR) is 83.9 cm³/mol. The van der Waals surface area contributed by atoms with Crippen LogP contribution in [0.5, 0.6) is 0 Å². The summed E-state index contributed by atoms with van der Waals surface area (Å²) in [4.78, 5) is 0. The van der Waals surface area contributed by atoms with Gasteiger partial charge in [0.1, 0.15) is 0 Å². The zero-order valence-corrected chi connectivity index (χ0v) is 13.7. The minimum Gasteiger partial charge on any atom is -0.316 e. The summed E-state index contributed by atoms with van der Waals surface area (Å²) in [6.07, 6.45) is 0.827. The number of rotatable bonds is 7. The second-order valence-electron chi connectivity index (χ2n) is 6.31. The van der Waals surface area contributed by atoms with Crippen LogP contribution in [0.15, 0.2) is 24.3 Å². The summed E-state index contributed by atoms with van der Waals surface area (Å²) in [7, 11) is -1.36. The van der Waals surface area contributed by atoms with Gasteiger partial charge in [-0.15, -0.1) is 0 Å². The Morgan fingerprint density at radius 3 is 2.10 bits per heavy atom. The predicted octanol–water partition coefficient (Wildman–Crippen LogP) is 2.26. The number of sulfonamides is 1. The molecule has 0 bridgehead atoms. The van der Waals surface area contributed by atoms with Crippen molar-refractivity contribution >= 4 is 10.0 Å². The molecule has 0 aliphatic heterocycles. The average molecular weight is 298 g/mol. The first kappa shape index (κ1) is 17.1. The van der Waals surface area contributed by atoms with Crippen LogP contribution >= 0.6 is 0 Å². The molecule has 0 radical (unpaired) electrons. The molecule has 0 heterocycles. The van der Waals surface area contributed by atoms with Crippen LogP contribution in [-0.2, 0) is 22.3 Å². The molecule has 1 aromatic carbocycles. The largest absolute Gasteiger partial charge is 0.316 e. The Hall–Kier alpha value is -0.910. The van der Waals surface area contributed by atoms with Gasteiger partial charge < -0.3 is 5.32 Å². The van der Waals surface area contributed by atoms with E-state index in [4.69, 9.17) is 0 Å². The molecule has 0 spiro atoms. The zero-order valence-electron chi connectivity index (χ0n) is 12.9. The van der Waals surface area contributed by atoms with E-state index in [-0.39, 0.29) is 11.2 Å². The lowest BCUT2D eigenvalue weighted by Crippen LogP contribution is -2.28. The molecule has 0 saturated heterocycles. The number of hydrogen-bond donors (Lipinski definition) is 2. The van der Waals surface area contributed by atoms with E-state index in [1.54, 1.807) is 0 Å². The van der Waals surface area contributed by atoms with Crippen molar-refractivity contribution in [2.75, 3.05) is 13.6 Å². The highest BCUT2D eigenvalue weighted by molar-refractivity contribution is 7.88. The fourth-order valence-corrected chi connectivity index (χ4v) is 2.96. The zero-order chi connectivity index (χ0) is 15.2. The highest BCUT2D eigenvalue weighted by Gasteiger charge is 2.14. The molecule has 0 fully saturated rings. The Morgan fingerprint density at radius 1 is 1.05 bits per heavy atom. The van der Waals surface area contributed by atoms with Crippen molar-refractivity contribution in [3.63, 3.8) is 0 Å². The molecule has 4 nitrogen and oxygen atoms in total. The van der Waals surface area contributed by atoms with Crippen LogP contribution in [0.3, 0.4) is 0 Å². The lowest BCUT2D eigenvalue weighted by atomic mass is 9.93. The third-order valence-corrected chi connectivity index (χ3v) is 4.31. The van der Waals surface area contributed by atoms with Gasteiger partial charge in [0.2, 0.25) is 10.0 Å². The van der Waals surface area contributed by atoms with Crippen molar-refractivity contribution in [3.8, 4) is 0 Å². The molecule has 5 heteroatoms. The molecule has 1 aromatic rings. The molecular formula is C15H26N2O2S. The quantitative estimate of drug-likeness (QED) is 0.812. The van der Waals surface area contributed by atoms with E-state index in [1.807, 2.05) is 31.3 Å². The van der Waals surface area contributed by atoms with Crippen LogP contribution in [0.4, 0.5) is 0 Å². The fraction of sp³-hybridized carbons (Fsp3) is 0.600. The first-order valence-electron chi connectivity index (χ1n) is 6.92. The molecule has 0 aromatic heterocycles. The van der Waals surface area contributed by atoms with E-state index in [0.29, 0.717) is 6.54 Å². The third kappa shape index (κ3) is 7.03. The van der Waals surface area contributed by atoms with Gasteiger partial charge in [-0.25, -0.2) is 13.1 Å². The second kappa shape index (κ2) is 7.20. The van der Waals surface area contributed by atoms with E-state index in [0.717, 1.165) is 24.1 Å². The smallest absolute Gasteiger partial charge is 0.215 e. The maximum absolute atomic E-state index is 12.0. The van der Waals surface area contributed by atoms with Crippen LogP contribution in [0.25, 0.3) is 0 Å². The van der Waals surface area contributed by atoms with Crippen molar-refractivity contribution in [2.24, 2.45) is 5.41 Å². The molecule has 0 aliphatic carbocycles. The molecule has 1 rings (SSSR count). The molecule has 114 valence electrons. The van der Waals surface area contributed by atoms with Crippen LogP contribution in [-0.4, -0.2) is 22.0 Å². The Labute approximate surface area is 123 Å². The second-order valence-corrected chi connectivity index (χ2v) is 8.12. The average Bonchev–Trinajstić information content (AvgIpc) is 2.29.